The van der Waals surface area contributed by atoms with Gasteiger partial charge in [-0.15, -0.1) is 0 Å². The average molecular weight is 593 g/mol. The Morgan fingerprint density at radius 2 is 1.65 bits per heavy atom. The number of methoxy groups -OCH3 is 1. The van der Waals surface area contributed by atoms with Crippen LogP contribution in [0.1, 0.15) is 39.2 Å². The van der Waals surface area contributed by atoms with Crippen LogP contribution in [0.25, 0.3) is 0 Å². The van der Waals surface area contributed by atoms with E-state index in [1.807, 2.05) is 13.8 Å². The van der Waals surface area contributed by atoms with Crippen LogP contribution in [0, 0.1) is 0 Å². The zero-order chi connectivity index (χ0) is 27.9. The molecule has 0 unspecified atom stereocenters. The first-order valence-corrected chi connectivity index (χ1v) is 14.7. The fourth-order valence-corrected chi connectivity index (χ4v) is 5.25. The summed E-state index contributed by atoms with van der Waals surface area (Å²) < 4.78 is 31.6. The Bertz CT molecular complexity index is 1210. The smallest absolute Gasteiger partial charge is 0.244 e. The maximum absolute atomic E-state index is 13.8. The highest BCUT2D eigenvalue weighted by atomic mass is 35.5. The van der Waals surface area contributed by atoms with Crippen LogP contribution in [0.4, 0.5) is 5.69 Å². The van der Waals surface area contributed by atoms with E-state index in [1.54, 1.807) is 25.1 Å². The fourth-order valence-electron chi connectivity index (χ4n) is 3.64. The second-order valence-electron chi connectivity index (χ2n) is 8.55. The van der Waals surface area contributed by atoms with Crippen LogP contribution in [0.3, 0.4) is 0 Å². The molecule has 0 heterocycles. The summed E-state index contributed by atoms with van der Waals surface area (Å²) in [5.41, 5.74) is 0.627. The highest BCUT2D eigenvalue weighted by Gasteiger charge is 2.33. The molecule has 2 atom stereocenters. The first kappa shape index (κ1) is 31.0. The van der Waals surface area contributed by atoms with Gasteiger partial charge in [-0.05, 0) is 50.1 Å². The van der Waals surface area contributed by atoms with E-state index in [0.29, 0.717) is 27.8 Å². The Morgan fingerprint density at radius 1 is 1.03 bits per heavy atom. The first-order valence-electron chi connectivity index (χ1n) is 11.7. The predicted octanol–water partition coefficient (Wildman–Crippen LogP) is 5.14. The normalized spacial score (nSPS) is 13.0. The van der Waals surface area contributed by atoms with Crippen LogP contribution in [0.5, 0.6) is 5.75 Å². The third-order valence-corrected chi connectivity index (χ3v) is 8.02. The van der Waals surface area contributed by atoms with E-state index in [2.05, 4.69) is 5.32 Å². The molecule has 0 saturated heterocycles. The number of hydrogen-bond donors (Lipinski definition) is 1. The van der Waals surface area contributed by atoms with Crippen molar-refractivity contribution in [3.05, 3.63) is 57.0 Å². The van der Waals surface area contributed by atoms with Gasteiger partial charge in [0.1, 0.15) is 18.3 Å². The number of sulfonamides is 1. The number of nitrogens with zero attached hydrogens (tertiary/aromatic N) is 2. The number of halogens is 3. The minimum atomic E-state index is -3.91. The van der Waals surface area contributed by atoms with Crippen LogP contribution in [0.2, 0.25) is 15.1 Å². The molecule has 1 N–H and O–H groups in total. The molecule has 0 aromatic heterocycles. The Hall–Kier alpha value is -2.20. The monoisotopic (exact) mass is 591 g/mol. The summed E-state index contributed by atoms with van der Waals surface area (Å²) in [6.07, 6.45) is 1.97. The summed E-state index contributed by atoms with van der Waals surface area (Å²) in [5.74, 6) is -0.612. The van der Waals surface area contributed by atoms with Gasteiger partial charge in [-0.3, -0.25) is 13.9 Å². The first-order chi connectivity index (χ1) is 17.3. The van der Waals surface area contributed by atoms with Crippen LogP contribution in [0.15, 0.2) is 36.4 Å². The van der Waals surface area contributed by atoms with Gasteiger partial charge in [0.2, 0.25) is 21.8 Å². The van der Waals surface area contributed by atoms with E-state index in [1.165, 1.54) is 30.2 Å². The van der Waals surface area contributed by atoms with Crippen LogP contribution < -0.4 is 14.4 Å². The number of anilines is 1. The summed E-state index contributed by atoms with van der Waals surface area (Å²) in [5, 5.41) is 3.73. The van der Waals surface area contributed by atoms with Crippen molar-refractivity contribution in [3.8, 4) is 5.75 Å². The number of ether oxygens (including phenoxy) is 1. The van der Waals surface area contributed by atoms with E-state index >= 15 is 0 Å². The van der Waals surface area contributed by atoms with Crippen molar-refractivity contribution in [2.45, 2.75) is 52.2 Å². The van der Waals surface area contributed by atoms with Gasteiger partial charge < -0.3 is 15.0 Å². The zero-order valence-electron chi connectivity index (χ0n) is 21.4. The molecule has 37 heavy (non-hydrogen) atoms. The second kappa shape index (κ2) is 13.6. The van der Waals surface area contributed by atoms with Gasteiger partial charge >= 0.3 is 0 Å². The molecule has 0 spiro atoms. The van der Waals surface area contributed by atoms with Gasteiger partial charge in [0.05, 0.1) is 24.1 Å². The Kier molecular flexibility index (Phi) is 11.4. The molecule has 2 aromatic carbocycles. The number of rotatable bonds is 12. The Balaban J connectivity index is 2.53. The minimum absolute atomic E-state index is 0.0925. The molecule has 0 radical (unpaired) electrons. The Morgan fingerprint density at radius 3 is 2.14 bits per heavy atom. The van der Waals surface area contributed by atoms with E-state index in [9.17, 15) is 18.0 Å². The number of nitrogens with one attached hydrogen (secondary N) is 1. The fraction of sp³-hybridized carbons (Fsp3) is 0.440. The molecule has 0 saturated carbocycles. The molecule has 0 fully saturated rings. The summed E-state index contributed by atoms with van der Waals surface area (Å²) >= 11 is 19.0. The predicted molar refractivity (Wildman–Crippen MR) is 149 cm³/mol. The van der Waals surface area contributed by atoms with Gasteiger partial charge in [0.25, 0.3) is 0 Å². The standard InChI is InChI=1S/C25H32Cl3N3O5S/c1-6-16(3)29-25(33)22(7-2)30(14-18-19(26)9-8-10-20(18)27)24(32)15-31(37(5,34)35)17-11-12-23(36-4)21(28)13-17/h8-13,16,22H,6-7,14-15H2,1-5H3,(H,29,33)/t16-,22-/m1/s1. The molecule has 0 bridgehead atoms. The van der Waals surface area contributed by atoms with Crippen molar-refractivity contribution < 1.29 is 22.7 Å². The molecule has 0 aliphatic carbocycles. The number of hydrogen-bond acceptors (Lipinski definition) is 5. The third-order valence-electron chi connectivity index (χ3n) is 5.88. The Labute approximate surface area is 233 Å². The van der Waals surface area contributed by atoms with Gasteiger partial charge in [-0.1, -0.05) is 54.7 Å². The lowest BCUT2D eigenvalue weighted by Crippen LogP contribution is -2.53. The molecule has 12 heteroatoms. The van der Waals surface area contributed by atoms with Crippen molar-refractivity contribution in [2.24, 2.45) is 0 Å². The summed E-state index contributed by atoms with van der Waals surface area (Å²) in [4.78, 5) is 28.3. The minimum Gasteiger partial charge on any atom is -0.495 e. The van der Waals surface area contributed by atoms with Gasteiger partial charge in [-0.25, -0.2) is 8.42 Å². The number of amides is 2. The highest BCUT2D eigenvalue weighted by Crippen LogP contribution is 2.31. The quantitative estimate of drug-likeness (QED) is 0.368. The van der Waals surface area contributed by atoms with E-state index in [4.69, 9.17) is 39.5 Å². The lowest BCUT2D eigenvalue weighted by molar-refractivity contribution is -0.140. The maximum Gasteiger partial charge on any atom is 0.244 e. The van der Waals surface area contributed by atoms with Crippen LogP contribution in [-0.2, 0) is 26.2 Å². The van der Waals surface area contributed by atoms with Crippen LogP contribution in [-0.4, -0.2) is 57.1 Å². The van der Waals surface area contributed by atoms with Gasteiger partial charge in [0.15, 0.2) is 0 Å². The van der Waals surface area contributed by atoms with E-state index < -0.39 is 28.5 Å². The molecule has 204 valence electrons. The maximum atomic E-state index is 13.8. The zero-order valence-corrected chi connectivity index (χ0v) is 24.5. The largest absolute Gasteiger partial charge is 0.495 e. The van der Waals surface area contributed by atoms with Gasteiger partial charge in [0, 0.05) is 28.2 Å². The topological polar surface area (TPSA) is 96.0 Å². The molecular formula is C25H32Cl3N3O5S. The van der Waals surface area contributed by atoms with Crippen molar-refractivity contribution in [1.82, 2.24) is 10.2 Å². The molecule has 0 aliphatic rings. The van der Waals surface area contributed by atoms with Crippen molar-refractivity contribution in [3.63, 3.8) is 0 Å². The number of carbonyl (C=O) groups excluding carboxylic acids is 2. The van der Waals surface area contributed by atoms with Crippen molar-refractivity contribution in [1.29, 1.82) is 0 Å². The SMILES string of the molecule is CC[C@@H](C)NC(=O)[C@@H](CC)N(Cc1c(Cl)cccc1Cl)C(=O)CN(c1ccc(OC)c(Cl)c1)S(C)(=O)=O. The average Bonchev–Trinajstić information content (AvgIpc) is 2.83. The summed E-state index contributed by atoms with van der Waals surface area (Å²) in [7, 11) is -2.48. The molecule has 2 amide bonds. The molecular weight excluding hydrogens is 561 g/mol. The van der Waals surface area contributed by atoms with Gasteiger partial charge in [-0.2, -0.15) is 0 Å². The lowest BCUT2D eigenvalue weighted by Gasteiger charge is -2.33. The van der Waals surface area contributed by atoms with Crippen molar-refractivity contribution >= 4 is 62.3 Å². The number of benzene rings is 2. The summed E-state index contributed by atoms with van der Waals surface area (Å²) in [6.45, 7) is 4.90. The second-order valence-corrected chi connectivity index (χ2v) is 11.7. The van der Waals surface area contributed by atoms with E-state index in [0.717, 1.165) is 10.6 Å². The third kappa shape index (κ3) is 8.14. The summed E-state index contributed by atoms with van der Waals surface area (Å²) in [6, 6.07) is 8.33. The van der Waals surface area contributed by atoms with E-state index in [-0.39, 0.29) is 35.6 Å². The van der Waals surface area contributed by atoms with Crippen LogP contribution >= 0.6 is 34.8 Å². The molecule has 8 nitrogen and oxygen atoms in total. The molecule has 2 rings (SSSR count). The highest BCUT2D eigenvalue weighted by molar-refractivity contribution is 7.92. The molecule has 0 aliphatic heterocycles. The molecule has 2 aromatic rings. The van der Waals surface area contributed by atoms with Crippen molar-refractivity contribution in [2.75, 3.05) is 24.2 Å². The lowest BCUT2D eigenvalue weighted by atomic mass is 10.1. The number of carbonyl (C=O) groups is 2.